The van der Waals surface area contributed by atoms with E-state index in [9.17, 15) is 29.1 Å². The van der Waals surface area contributed by atoms with Crippen LogP contribution in [0.5, 0.6) is 5.75 Å². The summed E-state index contributed by atoms with van der Waals surface area (Å²) in [5.74, 6) is -1.63. The van der Waals surface area contributed by atoms with Gasteiger partial charge in [0.1, 0.15) is 18.1 Å². The summed E-state index contributed by atoms with van der Waals surface area (Å²) in [5.41, 5.74) is 1.59. The summed E-state index contributed by atoms with van der Waals surface area (Å²) < 4.78 is 0. The second-order valence-corrected chi connectivity index (χ2v) is 10.6. The van der Waals surface area contributed by atoms with Crippen molar-refractivity contribution in [3.8, 4) is 5.75 Å². The van der Waals surface area contributed by atoms with E-state index in [0.29, 0.717) is 19.3 Å². The maximum absolute atomic E-state index is 13.1. The number of aldehydes is 1. The van der Waals surface area contributed by atoms with Crippen molar-refractivity contribution in [3.05, 3.63) is 65.7 Å². The Morgan fingerprint density at radius 2 is 1.43 bits per heavy atom. The minimum atomic E-state index is -0.915. The molecular formula is C31H43N5O6. The molecule has 0 spiro atoms. The lowest BCUT2D eigenvalue weighted by atomic mass is 10.0. The van der Waals surface area contributed by atoms with Crippen molar-refractivity contribution >= 4 is 29.9 Å². The predicted molar refractivity (Wildman–Crippen MR) is 159 cm³/mol. The number of nitrogens with one attached hydrogen (secondary N) is 5. The van der Waals surface area contributed by atoms with Crippen molar-refractivity contribution in [1.29, 1.82) is 0 Å². The highest BCUT2D eigenvalue weighted by molar-refractivity contribution is 5.93. The van der Waals surface area contributed by atoms with Crippen molar-refractivity contribution in [3.63, 3.8) is 0 Å². The lowest BCUT2D eigenvalue weighted by Crippen LogP contribution is -2.55. The zero-order valence-corrected chi connectivity index (χ0v) is 24.5. The molecule has 2 aromatic carbocycles. The van der Waals surface area contributed by atoms with Crippen molar-refractivity contribution in [1.82, 2.24) is 26.6 Å². The predicted octanol–water partition coefficient (Wildman–Crippen LogP) is 0.993. The maximum atomic E-state index is 13.1. The molecule has 6 N–H and O–H groups in total. The van der Waals surface area contributed by atoms with Gasteiger partial charge in [0.2, 0.25) is 23.6 Å². The number of benzene rings is 2. The molecule has 3 atom stereocenters. The van der Waals surface area contributed by atoms with Crippen LogP contribution in [0.4, 0.5) is 0 Å². The molecule has 11 heteroatoms. The fourth-order valence-electron chi connectivity index (χ4n) is 4.21. The van der Waals surface area contributed by atoms with Crippen molar-refractivity contribution in [2.24, 2.45) is 5.92 Å². The Bertz CT molecular complexity index is 1160. The number of amides is 4. The lowest BCUT2D eigenvalue weighted by Gasteiger charge is -2.24. The van der Waals surface area contributed by atoms with E-state index in [2.05, 4.69) is 26.6 Å². The number of carbonyl (C=O) groups excluding carboxylic acids is 5. The molecule has 0 aliphatic rings. The first-order chi connectivity index (χ1) is 20.1. The van der Waals surface area contributed by atoms with Gasteiger partial charge in [-0.3, -0.25) is 19.2 Å². The molecule has 2 rings (SSSR count). The topological polar surface area (TPSA) is 166 Å². The molecule has 11 nitrogen and oxygen atoms in total. The number of phenols is 1. The van der Waals surface area contributed by atoms with Crippen LogP contribution >= 0.6 is 0 Å². The summed E-state index contributed by atoms with van der Waals surface area (Å²) in [5, 5.41) is 23.0. The molecule has 0 fully saturated rings. The molecule has 0 aromatic heterocycles. The summed E-state index contributed by atoms with van der Waals surface area (Å²) in [4.78, 5) is 62.3. The highest BCUT2D eigenvalue weighted by Crippen LogP contribution is 2.11. The maximum Gasteiger partial charge on any atom is 0.243 e. The van der Waals surface area contributed by atoms with Crippen LogP contribution in [0, 0.1) is 5.92 Å². The SMILES string of the molecule is CCCNC(CC(C)C)C(=O)N[C@@H](Cc1ccccc1)C(=O)NCC(=O)NCC(=O)NC(C=O)Cc1ccc(O)cc1. The highest BCUT2D eigenvalue weighted by atomic mass is 16.3. The van der Waals surface area contributed by atoms with Gasteiger partial charge in [-0.05, 0) is 55.0 Å². The van der Waals surface area contributed by atoms with Gasteiger partial charge in [-0.15, -0.1) is 0 Å². The van der Waals surface area contributed by atoms with E-state index < -0.39 is 48.9 Å². The van der Waals surface area contributed by atoms with Crippen LogP contribution in [0.1, 0.15) is 44.7 Å². The summed E-state index contributed by atoms with van der Waals surface area (Å²) in [6, 6.07) is 13.3. The minimum absolute atomic E-state index is 0.0910. The Morgan fingerprint density at radius 1 is 0.786 bits per heavy atom. The van der Waals surface area contributed by atoms with E-state index in [4.69, 9.17) is 0 Å². The number of hydrogen-bond acceptors (Lipinski definition) is 7. The first-order valence-corrected chi connectivity index (χ1v) is 14.3. The first kappa shape index (κ1) is 34.0. The standard InChI is InChI=1S/C31H43N5O6/c1-4-14-32-26(15-21(2)3)31(42)36-27(17-22-8-6-5-7-9-22)30(41)34-18-28(39)33-19-29(40)35-24(20-37)16-23-10-12-25(38)13-11-23/h5-13,20-21,24,26-27,32,38H,4,14-19H2,1-3H3,(H,33,39)(H,34,41)(H,35,40)(H,36,42)/t24?,26?,27-/m0/s1. The molecule has 2 unspecified atom stereocenters. The van der Waals surface area contributed by atoms with Crippen LogP contribution in [0.2, 0.25) is 0 Å². The van der Waals surface area contributed by atoms with Crippen molar-refractivity contribution < 1.29 is 29.1 Å². The summed E-state index contributed by atoms with van der Waals surface area (Å²) in [7, 11) is 0. The van der Waals surface area contributed by atoms with Crippen LogP contribution in [0.25, 0.3) is 0 Å². The fourth-order valence-corrected chi connectivity index (χ4v) is 4.21. The van der Waals surface area contributed by atoms with Gasteiger partial charge in [-0.2, -0.15) is 0 Å². The van der Waals surface area contributed by atoms with Crippen LogP contribution in [-0.2, 0) is 36.8 Å². The molecule has 0 bridgehead atoms. The smallest absolute Gasteiger partial charge is 0.243 e. The Hall–Kier alpha value is -4.25. The molecule has 0 saturated heterocycles. The average Bonchev–Trinajstić information content (AvgIpc) is 2.97. The summed E-state index contributed by atoms with van der Waals surface area (Å²) in [6.45, 7) is 5.93. The monoisotopic (exact) mass is 581 g/mol. The van der Waals surface area contributed by atoms with Gasteiger partial charge >= 0.3 is 0 Å². The number of hydrogen-bond donors (Lipinski definition) is 6. The number of phenolic OH excluding ortho intramolecular Hbond substituents is 1. The Balaban J connectivity index is 1.91. The van der Waals surface area contributed by atoms with E-state index in [1.54, 1.807) is 12.1 Å². The van der Waals surface area contributed by atoms with Gasteiger partial charge in [0.25, 0.3) is 0 Å². The molecule has 228 valence electrons. The third kappa shape index (κ3) is 12.9. The number of rotatable bonds is 18. The van der Waals surface area contributed by atoms with E-state index in [1.807, 2.05) is 51.1 Å². The van der Waals surface area contributed by atoms with Gasteiger partial charge in [-0.1, -0.05) is 63.2 Å². The van der Waals surface area contributed by atoms with E-state index in [0.717, 1.165) is 17.5 Å². The second kappa shape index (κ2) is 18.2. The first-order valence-electron chi connectivity index (χ1n) is 14.3. The van der Waals surface area contributed by atoms with Crippen molar-refractivity contribution in [2.75, 3.05) is 19.6 Å². The third-order valence-electron chi connectivity index (χ3n) is 6.35. The minimum Gasteiger partial charge on any atom is -0.508 e. The van der Waals surface area contributed by atoms with Gasteiger partial charge in [-0.25, -0.2) is 0 Å². The Morgan fingerprint density at radius 3 is 2.05 bits per heavy atom. The fraction of sp³-hybridized carbons (Fsp3) is 0.452. The van der Waals surface area contributed by atoms with Gasteiger partial charge in [0.05, 0.1) is 25.2 Å². The quantitative estimate of drug-likeness (QED) is 0.143. The molecular weight excluding hydrogens is 538 g/mol. The summed E-state index contributed by atoms with van der Waals surface area (Å²) >= 11 is 0. The second-order valence-electron chi connectivity index (χ2n) is 10.6. The molecule has 0 heterocycles. The number of carbonyl (C=O) groups is 5. The largest absolute Gasteiger partial charge is 0.508 e. The zero-order valence-electron chi connectivity index (χ0n) is 24.5. The molecule has 0 aliphatic heterocycles. The Labute approximate surface area is 247 Å². The molecule has 42 heavy (non-hydrogen) atoms. The zero-order chi connectivity index (χ0) is 30.9. The van der Waals surface area contributed by atoms with E-state index in [-0.39, 0.29) is 30.4 Å². The molecule has 4 amide bonds. The molecule has 0 aliphatic carbocycles. The van der Waals surface area contributed by atoms with E-state index in [1.165, 1.54) is 12.1 Å². The van der Waals surface area contributed by atoms with Crippen LogP contribution in [0.15, 0.2) is 54.6 Å². The van der Waals surface area contributed by atoms with Gasteiger partial charge in [0.15, 0.2) is 0 Å². The normalized spacial score (nSPS) is 13.0. The van der Waals surface area contributed by atoms with Crippen molar-refractivity contribution in [2.45, 2.75) is 64.6 Å². The summed E-state index contributed by atoms with van der Waals surface area (Å²) in [6.07, 6.45) is 2.52. The highest BCUT2D eigenvalue weighted by Gasteiger charge is 2.26. The molecule has 2 aromatic rings. The van der Waals surface area contributed by atoms with Crippen LogP contribution in [-0.4, -0.2) is 72.8 Å². The molecule has 0 radical (unpaired) electrons. The van der Waals surface area contributed by atoms with Gasteiger partial charge < -0.3 is 36.5 Å². The average molecular weight is 582 g/mol. The van der Waals surface area contributed by atoms with Crippen LogP contribution < -0.4 is 26.6 Å². The van der Waals surface area contributed by atoms with E-state index >= 15 is 0 Å². The van der Waals surface area contributed by atoms with Crippen LogP contribution in [0.3, 0.4) is 0 Å². The van der Waals surface area contributed by atoms with Gasteiger partial charge in [0, 0.05) is 6.42 Å². The molecule has 0 saturated carbocycles. The lowest BCUT2D eigenvalue weighted by molar-refractivity contribution is -0.131. The third-order valence-corrected chi connectivity index (χ3v) is 6.35. The number of aromatic hydroxyl groups is 1. The Kier molecular flexibility index (Phi) is 14.7.